The number of fused-ring (bicyclic) bond motifs is 4. The van der Waals surface area contributed by atoms with Gasteiger partial charge in [-0.3, -0.25) is 0 Å². The van der Waals surface area contributed by atoms with E-state index in [-0.39, 0.29) is 0 Å². The van der Waals surface area contributed by atoms with Gasteiger partial charge in [0.25, 0.3) is 0 Å². The molecular weight excluding hydrogens is 302 g/mol. The van der Waals surface area contributed by atoms with Gasteiger partial charge in [0.2, 0.25) is 0 Å². The van der Waals surface area contributed by atoms with Gasteiger partial charge in [-0.05, 0) is 85.3 Å². The van der Waals surface area contributed by atoms with Crippen molar-refractivity contribution in [1.29, 1.82) is 0 Å². The summed E-state index contributed by atoms with van der Waals surface area (Å²) in [5.74, 6) is 0. The van der Waals surface area contributed by atoms with Crippen LogP contribution in [0.25, 0.3) is 0 Å². The minimum absolute atomic E-state index is 0.362. The first-order valence-electron chi connectivity index (χ1n) is 10.3. The first-order chi connectivity index (χ1) is 10.8. The van der Waals surface area contributed by atoms with Gasteiger partial charge < -0.3 is 0 Å². The van der Waals surface area contributed by atoms with Gasteiger partial charge in [-0.2, -0.15) is 0 Å². The highest BCUT2D eigenvalue weighted by atomic mass is 31.1. The Kier molecular flexibility index (Phi) is 5.20. The van der Waals surface area contributed by atoms with Crippen LogP contribution in [-0.2, 0) is 0 Å². The minimum atomic E-state index is 0.362. The molecule has 0 radical (unpaired) electrons. The van der Waals surface area contributed by atoms with Gasteiger partial charge in [-0.1, -0.05) is 55.4 Å². The minimum Gasteiger partial charge on any atom is -0.0968 e. The third-order valence-electron chi connectivity index (χ3n) is 7.62. The lowest BCUT2D eigenvalue weighted by Crippen LogP contribution is -2.38. The van der Waals surface area contributed by atoms with Crippen molar-refractivity contribution in [3.05, 3.63) is 0 Å². The van der Waals surface area contributed by atoms with Crippen LogP contribution in [0.4, 0.5) is 0 Å². The summed E-state index contributed by atoms with van der Waals surface area (Å²) < 4.78 is 0. The second-order valence-electron chi connectivity index (χ2n) is 8.71. The number of hydrogen-bond acceptors (Lipinski definition) is 0. The highest BCUT2D eigenvalue weighted by molar-refractivity contribution is 7.64. The van der Waals surface area contributed by atoms with Crippen molar-refractivity contribution < 1.29 is 0 Å². The van der Waals surface area contributed by atoms with E-state index in [1.165, 1.54) is 22.6 Å². The van der Waals surface area contributed by atoms with Crippen LogP contribution in [0.1, 0.15) is 90.9 Å². The van der Waals surface area contributed by atoms with Gasteiger partial charge in [0.05, 0.1) is 0 Å². The van der Waals surface area contributed by atoms with Gasteiger partial charge in [0.15, 0.2) is 0 Å². The summed E-state index contributed by atoms with van der Waals surface area (Å²) in [6.07, 6.45) is 19.1. The van der Waals surface area contributed by atoms with Crippen LogP contribution in [0.3, 0.4) is 0 Å². The molecule has 4 heterocycles. The third-order valence-corrected chi connectivity index (χ3v) is 16.1. The van der Waals surface area contributed by atoms with Crippen LogP contribution in [0, 0.1) is 0 Å². The fourth-order valence-corrected chi connectivity index (χ4v) is 16.2. The van der Waals surface area contributed by atoms with Gasteiger partial charge >= 0.3 is 0 Å². The molecular formula is C20H36P2. The molecule has 0 aromatic heterocycles. The van der Waals surface area contributed by atoms with E-state index in [0.717, 1.165) is 11.3 Å². The quantitative estimate of drug-likeness (QED) is 0.489. The predicted molar refractivity (Wildman–Crippen MR) is 103 cm³/mol. The van der Waals surface area contributed by atoms with E-state index in [1.54, 1.807) is 77.0 Å². The summed E-state index contributed by atoms with van der Waals surface area (Å²) >= 11 is 0. The summed E-state index contributed by atoms with van der Waals surface area (Å²) in [6.45, 7) is 5.44. The second kappa shape index (κ2) is 7.00. The zero-order chi connectivity index (χ0) is 15.1. The molecule has 4 saturated heterocycles. The average molecular weight is 338 g/mol. The largest absolute Gasteiger partial charge is 0.0968 e. The molecule has 126 valence electrons. The maximum absolute atomic E-state index is 2.72. The van der Waals surface area contributed by atoms with Crippen molar-refractivity contribution >= 4 is 15.8 Å². The second-order valence-corrected chi connectivity index (χ2v) is 15.1. The fourth-order valence-electron chi connectivity index (χ4n) is 6.55. The van der Waals surface area contributed by atoms with Crippen molar-refractivity contribution in [1.82, 2.24) is 0 Å². The maximum Gasteiger partial charge on any atom is -0.0167 e. The van der Waals surface area contributed by atoms with Crippen molar-refractivity contribution in [2.24, 2.45) is 0 Å². The van der Waals surface area contributed by atoms with Crippen molar-refractivity contribution in [2.45, 2.75) is 125 Å². The molecule has 22 heavy (non-hydrogen) atoms. The Bertz CT molecular complexity index is 302. The van der Waals surface area contributed by atoms with Gasteiger partial charge in [0.1, 0.15) is 0 Å². The van der Waals surface area contributed by atoms with E-state index in [9.17, 15) is 0 Å². The van der Waals surface area contributed by atoms with Crippen molar-refractivity contribution in [2.75, 3.05) is 0 Å². The molecule has 0 aromatic carbocycles. The molecule has 0 amide bonds. The van der Waals surface area contributed by atoms with Gasteiger partial charge in [0, 0.05) is 0 Å². The molecule has 0 N–H and O–H groups in total. The topological polar surface area (TPSA) is 0 Å². The van der Waals surface area contributed by atoms with E-state index in [4.69, 9.17) is 0 Å². The van der Waals surface area contributed by atoms with Gasteiger partial charge in [-0.15, -0.1) is 0 Å². The smallest absolute Gasteiger partial charge is 0.0167 e. The molecule has 0 aromatic rings. The lowest BCUT2D eigenvalue weighted by atomic mass is 9.99. The highest BCUT2D eigenvalue weighted by Crippen LogP contribution is 2.69. The van der Waals surface area contributed by atoms with Crippen LogP contribution in [-0.4, -0.2) is 34.0 Å². The zero-order valence-corrected chi connectivity index (χ0v) is 16.6. The molecule has 4 bridgehead atoms. The lowest BCUT2D eigenvalue weighted by molar-refractivity contribution is 0.463. The van der Waals surface area contributed by atoms with E-state index in [2.05, 4.69) is 13.8 Å². The summed E-state index contributed by atoms with van der Waals surface area (Å²) in [4.78, 5) is 0. The molecule has 2 unspecified atom stereocenters. The maximum atomic E-state index is 2.72. The third kappa shape index (κ3) is 2.94. The van der Waals surface area contributed by atoms with Crippen molar-refractivity contribution in [3.8, 4) is 0 Å². The molecule has 0 nitrogen and oxygen atoms in total. The SMILES string of the molecule is CC(C(C)P1C2CCCC1CCC2)P1C2CCCC1CCC2. The summed E-state index contributed by atoms with van der Waals surface area (Å²) in [6, 6.07) is 0. The monoisotopic (exact) mass is 338 g/mol. The van der Waals surface area contributed by atoms with Gasteiger partial charge in [-0.25, -0.2) is 0 Å². The first-order valence-corrected chi connectivity index (χ1v) is 13.4. The molecule has 0 saturated carbocycles. The highest BCUT2D eigenvalue weighted by Gasteiger charge is 2.45. The Morgan fingerprint density at radius 2 is 0.727 bits per heavy atom. The van der Waals surface area contributed by atoms with Crippen molar-refractivity contribution in [3.63, 3.8) is 0 Å². The fraction of sp³-hybridized carbons (Fsp3) is 1.00. The Hall–Kier alpha value is 0.860. The normalized spacial score (nSPS) is 47.7. The Morgan fingerprint density at radius 3 is 0.955 bits per heavy atom. The molecule has 2 heteroatoms. The van der Waals surface area contributed by atoms with Crippen LogP contribution >= 0.6 is 15.8 Å². The molecule has 0 spiro atoms. The molecule has 2 atom stereocenters. The van der Waals surface area contributed by atoms with E-state index in [0.29, 0.717) is 15.8 Å². The Balaban J connectivity index is 1.50. The van der Waals surface area contributed by atoms with E-state index in [1.807, 2.05) is 0 Å². The molecule has 0 aliphatic carbocycles. The average Bonchev–Trinajstić information content (AvgIpc) is 2.52. The van der Waals surface area contributed by atoms with Crippen LogP contribution < -0.4 is 0 Å². The van der Waals surface area contributed by atoms with Crippen LogP contribution in [0.15, 0.2) is 0 Å². The van der Waals surface area contributed by atoms with Crippen LogP contribution in [0.2, 0.25) is 0 Å². The predicted octanol–water partition coefficient (Wildman–Crippen LogP) is 6.94. The number of hydrogen-bond donors (Lipinski definition) is 0. The Labute approximate surface area is 141 Å². The van der Waals surface area contributed by atoms with E-state index >= 15 is 0 Å². The summed E-state index contributed by atoms with van der Waals surface area (Å²) in [5, 5.41) is 0. The molecule has 4 aliphatic heterocycles. The molecule has 4 aliphatic rings. The summed E-state index contributed by atoms with van der Waals surface area (Å²) in [5.41, 5.74) is 6.91. The molecule has 4 fully saturated rings. The van der Waals surface area contributed by atoms with E-state index < -0.39 is 0 Å². The first kappa shape index (κ1) is 16.3. The standard InChI is InChI=1S/C20H36P2/c1-15(21-17-7-3-8-18(21)10-4-9-17)16(2)22-19-11-5-12-20(22)14-6-13-19/h15-20H,3-14H2,1-2H3. The summed E-state index contributed by atoms with van der Waals surface area (Å²) in [7, 11) is 0.724. The molecule has 4 rings (SSSR count). The zero-order valence-electron chi connectivity index (χ0n) is 14.8. The van der Waals surface area contributed by atoms with Crippen LogP contribution in [0.5, 0.6) is 0 Å². The lowest BCUT2D eigenvalue weighted by Gasteiger charge is -2.53. The number of rotatable bonds is 3. The Morgan fingerprint density at radius 1 is 0.500 bits per heavy atom.